The third kappa shape index (κ3) is 3.44. The van der Waals surface area contributed by atoms with E-state index >= 15 is 0 Å². The van der Waals surface area contributed by atoms with E-state index in [1.807, 2.05) is 31.2 Å². The lowest BCUT2D eigenvalue weighted by atomic mass is 9.72. The highest BCUT2D eigenvalue weighted by Gasteiger charge is 2.56. The zero-order chi connectivity index (χ0) is 23.2. The second kappa shape index (κ2) is 8.33. The molecule has 0 amide bonds. The molecule has 0 radical (unpaired) electrons. The van der Waals surface area contributed by atoms with Gasteiger partial charge in [0.15, 0.2) is 28.7 Å². The first-order valence-electron chi connectivity index (χ1n) is 11.4. The van der Waals surface area contributed by atoms with Crippen LogP contribution < -0.4 is 18.9 Å². The molecule has 3 unspecified atom stereocenters. The first-order chi connectivity index (χ1) is 16.0. The fourth-order valence-electron chi connectivity index (χ4n) is 5.36. The minimum atomic E-state index is -0.983. The van der Waals surface area contributed by atoms with Gasteiger partial charge in [-0.3, -0.25) is 9.69 Å². The predicted octanol–water partition coefficient (Wildman–Crippen LogP) is 3.65. The van der Waals surface area contributed by atoms with E-state index in [0.29, 0.717) is 28.6 Å². The van der Waals surface area contributed by atoms with E-state index in [1.165, 1.54) is 7.11 Å². The van der Waals surface area contributed by atoms with Crippen LogP contribution in [0, 0.1) is 5.92 Å². The van der Waals surface area contributed by atoms with Crippen molar-refractivity contribution in [2.45, 2.75) is 38.3 Å². The molecule has 0 saturated carbocycles. The average Bonchev–Trinajstić information content (AvgIpc) is 3.49. The third-order valence-corrected chi connectivity index (χ3v) is 6.93. The standard InChI is InChI=1S/C25H29NO7/c1-4-30-24(28)22-21(15-8-7-9-17(29-3)23(15)27)16-12-19-20(32-14-31-19)13-18(16)33-25(22,2)26-10-5-6-11-26/h7-9,12-13,21-22,27H,4-6,10-11,14H2,1-3H3. The predicted molar refractivity (Wildman–Crippen MR) is 119 cm³/mol. The summed E-state index contributed by atoms with van der Waals surface area (Å²) in [7, 11) is 1.51. The van der Waals surface area contributed by atoms with Crippen LogP contribution in [-0.4, -0.2) is 55.3 Å². The van der Waals surface area contributed by atoms with Crippen molar-refractivity contribution < 1.29 is 33.6 Å². The van der Waals surface area contributed by atoms with Crippen LogP contribution >= 0.6 is 0 Å². The molecule has 0 bridgehead atoms. The maximum absolute atomic E-state index is 13.6. The van der Waals surface area contributed by atoms with Gasteiger partial charge in [0.05, 0.1) is 13.7 Å². The van der Waals surface area contributed by atoms with E-state index in [4.69, 9.17) is 23.7 Å². The quantitative estimate of drug-likeness (QED) is 0.684. The summed E-state index contributed by atoms with van der Waals surface area (Å²) in [5.41, 5.74) is 0.322. The topological polar surface area (TPSA) is 86.7 Å². The number of rotatable bonds is 5. The van der Waals surface area contributed by atoms with Gasteiger partial charge in [0.25, 0.3) is 0 Å². The van der Waals surface area contributed by atoms with Crippen molar-refractivity contribution in [1.82, 2.24) is 4.90 Å². The van der Waals surface area contributed by atoms with Crippen molar-refractivity contribution in [3.63, 3.8) is 0 Å². The van der Waals surface area contributed by atoms with Crippen molar-refractivity contribution in [2.24, 2.45) is 5.92 Å². The van der Waals surface area contributed by atoms with Crippen LogP contribution in [-0.2, 0) is 9.53 Å². The number of methoxy groups -OCH3 is 1. The molecule has 8 nitrogen and oxygen atoms in total. The van der Waals surface area contributed by atoms with Gasteiger partial charge in [0.2, 0.25) is 6.79 Å². The van der Waals surface area contributed by atoms with Gasteiger partial charge in [0.1, 0.15) is 11.7 Å². The molecule has 2 aromatic rings. The summed E-state index contributed by atoms with van der Waals surface area (Å²) in [5, 5.41) is 11.1. The van der Waals surface area contributed by atoms with Gasteiger partial charge in [-0.25, -0.2) is 0 Å². The zero-order valence-electron chi connectivity index (χ0n) is 19.1. The molecule has 0 aromatic heterocycles. The minimum Gasteiger partial charge on any atom is -0.504 e. The molecule has 3 heterocycles. The number of phenolic OH excluding ortho intramolecular Hbond substituents is 1. The average molecular weight is 456 g/mol. The van der Waals surface area contributed by atoms with E-state index in [2.05, 4.69) is 4.90 Å². The summed E-state index contributed by atoms with van der Waals surface area (Å²) in [6.45, 7) is 5.72. The fourth-order valence-corrected chi connectivity index (χ4v) is 5.36. The monoisotopic (exact) mass is 455 g/mol. The molecule has 33 heavy (non-hydrogen) atoms. The van der Waals surface area contributed by atoms with Crippen LogP contribution in [0.3, 0.4) is 0 Å². The summed E-state index contributed by atoms with van der Waals surface area (Å²) in [4.78, 5) is 15.8. The second-order valence-corrected chi connectivity index (χ2v) is 8.70. The maximum Gasteiger partial charge on any atom is 0.315 e. The number of para-hydroxylation sites is 1. The summed E-state index contributed by atoms with van der Waals surface area (Å²) < 4.78 is 28.8. The molecule has 1 N–H and O–H groups in total. The summed E-state index contributed by atoms with van der Waals surface area (Å²) in [6.07, 6.45) is 2.05. The lowest BCUT2D eigenvalue weighted by Crippen LogP contribution is -2.61. The van der Waals surface area contributed by atoms with Crippen molar-refractivity contribution in [1.29, 1.82) is 0 Å². The molecule has 3 aliphatic heterocycles. The Bertz CT molecular complexity index is 1060. The van der Waals surface area contributed by atoms with E-state index in [1.54, 1.807) is 13.0 Å². The molecule has 1 fully saturated rings. The minimum absolute atomic E-state index is 0.00594. The van der Waals surface area contributed by atoms with E-state index in [9.17, 15) is 9.90 Å². The van der Waals surface area contributed by atoms with Crippen molar-refractivity contribution in [3.8, 4) is 28.7 Å². The molecule has 8 heteroatoms. The van der Waals surface area contributed by atoms with Crippen molar-refractivity contribution >= 4 is 5.97 Å². The normalized spacial score (nSPS) is 25.9. The molecule has 0 aliphatic carbocycles. The van der Waals surface area contributed by atoms with Crippen molar-refractivity contribution in [2.75, 3.05) is 33.6 Å². The molecular weight excluding hydrogens is 426 g/mol. The van der Waals surface area contributed by atoms with Crippen LogP contribution in [0.4, 0.5) is 0 Å². The SMILES string of the molecule is CCOC(=O)C1C(c2cccc(OC)c2O)c2cc3c(cc2OC1(C)N1CCCC1)OCO3. The lowest BCUT2D eigenvalue weighted by molar-refractivity contribution is -0.174. The third-order valence-electron chi connectivity index (χ3n) is 6.93. The van der Waals surface area contributed by atoms with Crippen LogP contribution in [0.15, 0.2) is 30.3 Å². The van der Waals surface area contributed by atoms with Gasteiger partial charge in [-0.15, -0.1) is 0 Å². The number of nitrogens with zero attached hydrogens (tertiary/aromatic N) is 1. The number of fused-ring (bicyclic) bond motifs is 2. The lowest BCUT2D eigenvalue weighted by Gasteiger charge is -2.49. The Morgan fingerprint density at radius 1 is 1.15 bits per heavy atom. The van der Waals surface area contributed by atoms with Gasteiger partial charge in [0, 0.05) is 36.2 Å². The number of carbonyl (C=O) groups is 1. The first-order valence-corrected chi connectivity index (χ1v) is 11.4. The fraction of sp³-hybridized carbons (Fsp3) is 0.480. The van der Waals surface area contributed by atoms with Gasteiger partial charge >= 0.3 is 5.97 Å². The smallest absolute Gasteiger partial charge is 0.315 e. The number of ether oxygens (including phenoxy) is 5. The highest BCUT2D eigenvalue weighted by Crippen LogP contribution is 2.55. The zero-order valence-corrected chi connectivity index (χ0v) is 19.1. The number of phenols is 1. The van der Waals surface area contributed by atoms with Gasteiger partial charge in [-0.1, -0.05) is 12.1 Å². The summed E-state index contributed by atoms with van der Waals surface area (Å²) in [6, 6.07) is 8.98. The van der Waals surface area contributed by atoms with Crippen LogP contribution in [0.1, 0.15) is 43.7 Å². The molecule has 176 valence electrons. The Hall–Kier alpha value is -3.13. The number of aromatic hydroxyl groups is 1. The van der Waals surface area contributed by atoms with Crippen LogP contribution in [0.2, 0.25) is 0 Å². The molecule has 3 atom stereocenters. The van der Waals surface area contributed by atoms with Crippen molar-refractivity contribution in [3.05, 3.63) is 41.5 Å². The number of esters is 1. The Labute approximate surface area is 192 Å². The van der Waals surface area contributed by atoms with Gasteiger partial charge in [-0.05, 0) is 38.8 Å². The number of likely N-dealkylation sites (tertiary alicyclic amines) is 1. The highest BCUT2D eigenvalue weighted by atomic mass is 16.7. The van der Waals surface area contributed by atoms with E-state index in [0.717, 1.165) is 31.5 Å². The van der Waals surface area contributed by atoms with Crippen LogP contribution in [0.5, 0.6) is 28.7 Å². The van der Waals surface area contributed by atoms with Gasteiger partial charge in [-0.2, -0.15) is 0 Å². The Morgan fingerprint density at radius 2 is 1.88 bits per heavy atom. The van der Waals surface area contributed by atoms with Crippen LogP contribution in [0.25, 0.3) is 0 Å². The van der Waals surface area contributed by atoms with Gasteiger partial charge < -0.3 is 28.8 Å². The number of hydrogen-bond acceptors (Lipinski definition) is 8. The Kier molecular flexibility index (Phi) is 5.48. The summed E-state index contributed by atoms with van der Waals surface area (Å²) >= 11 is 0. The molecule has 2 aromatic carbocycles. The summed E-state index contributed by atoms with van der Waals surface area (Å²) in [5.74, 6) is 0.450. The largest absolute Gasteiger partial charge is 0.504 e. The second-order valence-electron chi connectivity index (χ2n) is 8.70. The molecule has 5 rings (SSSR count). The molecule has 1 saturated heterocycles. The Morgan fingerprint density at radius 3 is 2.58 bits per heavy atom. The number of benzene rings is 2. The molecule has 0 spiro atoms. The van der Waals surface area contributed by atoms with E-state index < -0.39 is 17.6 Å². The van der Waals surface area contributed by atoms with E-state index in [-0.39, 0.29) is 25.1 Å². The highest BCUT2D eigenvalue weighted by molar-refractivity contribution is 5.78. The molecular formula is C25H29NO7. The number of carbonyl (C=O) groups excluding carboxylic acids is 1. The maximum atomic E-state index is 13.6. The number of hydrogen-bond donors (Lipinski definition) is 1. The molecule has 3 aliphatic rings. The Balaban J connectivity index is 1.76. The first kappa shape index (κ1) is 21.7.